The van der Waals surface area contributed by atoms with Gasteiger partial charge in [0.2, 0.25) is 0 Å². The second kappa shape index (κ2) is 10.5. The monoisotopic (exact) mass is 543 g/mol. The van der Waals surface area contributed by atoms with Gasteiger partial charge in [-0.1, -0.05) is 58.2 Å². The van der Waals surface area contributed by atoms with E-state index in [0.29, 0.717) is 35.1 Å². The molecule has 1 saturated heterocycles. The van der Waals surface area contributed by atoms with Crippen LogP contribution in [0.15, 0.2) is 46.9 Å². The lowest BCUT2D eigenvalue weighted by Crippen LogP contribution is -2.40. The molecular formula is C27H27Cl2N3O3S. The Morgan fingerprint density at radius 3 is 2.61 bits per heavy atom. The molecule has 1 N–H and O–H groups in total. The second-order valence-electron chi connectivity index (χ2n) is 9.40. The summed E-state index contributed by atoms with van der Waals surface area (Å²) in [6.45, 7) is 5.07. The topological polar surface area (TPSA) is 75.0 Å². The summed E-state index contributed by atoms with van der Waals surface area (Å²) in [7, 11) is 0. The number of likely N-dealkylation sites (tertiary alicyclic amines) is 1. The Labute approximate surface area is 224 Å². The molecule has 0 radical (unpaired) electrons. The number of piperidine rings is 1. The fraction of sp³-hybridized carbons (Fsp3) is 0.370. The van der Waals surface area contributed by atoms with Crippen LogP contribution in [0.1, 0.15) is 70.3 Å². The minimum absolute atomic E-state index is 0.233. The molecule has 188 valence electrons. The van der Waals surface area contributed by atoms with E-state index in [1.807, 2.05) is 37.4 Å². The number of aliphatic hydroxyl groups is 1. The van der Waals surface area contributed by atoms with Crippen LogP contribution in [-0.2, 0) is 9.63 Å². The molecule has 2 aliphatic heterocycles. The number of hydrogen-bond acceptors (Lipinski definition) is 6. The predicted molar refractivity (Wildman–Crippen MR) is 143 cm³/mol. The van der Waals surface area contributed by atoms with E-state index in [0.717, 1.165) is 45.9 Å². The largest absolute Gasteiger partial charge is 0.387 e. The summed E-state index contributed by atoms with van der Waals surface area (Å²) in [5, 5.41) is 19.2. The second-order valence-corrected chi connectivity index (χ2v) is 11.1. The van der Waals surface area contributed by atoms with Gasteiger partial charge < -0.3 is 14.8 Å². The van der Waals surface area contributed by atoms with Gasteiger partial charge >= 0.3 is 0 Å². The molecule has 1 aromatic heterocycles. The maximum atomic E-state index is 13.0. The molecular weight excluding hydrogens is 517 g/mol. The smallest absolute Gasteiger partial charge is 0.256 e. The first-order valence-corrected chi connectivity index (χ1v) is 13.6. The van der Waals surface area contributed by atoms with Crippen molar-refractivity contribution in [3.63, 3.8) is 0 Å². The quantitative estimate of drug-likeness (QED) is 0.405. The summed E-state index contributed by atoms with van der Waals surface area (Å²) in [5.41, 5.74) is 4.97. The highest BCUT2D eigenvalue weighted by Gasteiger charge is 2.32. The lowest BCUT2D eigenvalue weighted by atomic mass is 9.95. The first-order valence-electron chi connectivity index (χ1n) is 12.0. The highest BCUT2D eigenvalue weighted by molar-refractivity contribution is 7.10. The number of hydrogen-bond donors (Lipinski definition) is 1. The number of nitrogens with zero attached hydrogens (tertiary/aromatic N) is 3. The van der Waals surface area contributed by atoms with Crippen LogP contribution in [0.2, 0.25) is 10.0 Å². The summed E-state index contributed by atoms with van der Waals surface area (Å²) in [6.07, 6.45) is 0.699. The Morgan fingerprint density at radius 2 is 1.89 bits per heavy atom. The molecule has 36 heavy (non-hydrogen) atoms. The van der Waals surface area contributed by atoms with Gasteiger partial charge in [-0.3, -0.25) is 4.79 Å². The number of carbonyl (C=O) groups excluding carboxylic acids is 1. The zero-order valence-electron chi connectivity index (χ0n) is 20.1. The van der Waals surface area contributed by atoms with E-state index in [9.17, 15) is 9.90 Å². The third kappa shape index (κ3) is 5.02. The van der Waals surface area contributed by atoms with Gasteiger partial charge in [0.15, 0.2) is 12.2 Å². The number of benzene rings is 2. The van der Waals surface area contributed by atoms with Crippen molar-refractivity contribution in [1.82, 2.24) is 9.88 Å². The van der Waals surface area contributed by atoms with E-state index in [4.69, 9.17) is 33.0 Å². The van der Waals surface area contributed by atoms with Crippen molar-refractivity contribution in [1.29, 1.82) is 0 Å². The van der Waals surface area contributed by atoms with Gasteiger partial charge in [-0.25, -0.2) is 4.98 Å². The van der Waals surface area contributed by atoms with E-state index < -0.39 is 6.10 Å². The number of aliphatic hydroxyl groups excluding tert-OH is 1. The van der Waals surface area contributed by atoms with Gasteiger partial charge in [-0.05, 0) is 49.9 Å². The highest BCUT2D eigenvalue weighted by Crippen LogP contribution is 2.39. The van der Waals surface area contributed by atoms with Gasteiger partial charge in [0, 0.05) is 46.4 Å². The summed E-state index contributed by atoms with van der Waals surface area (Å²) < 4.78 is 0. The third-order valence-corrected chi connectivity index (χ3v) is 8.59. The zero-order chi connectivity index (χ0) is 25.4. The van der Waals surface area contributed by atoms with Crippen LogP contribution in [0.4, 0.5) is 0 Å². The molecule has 0 aliphatic carbocycles. The number of aromatic nitrogens is 1. The summed E-state index contributed by atoms with van der Waals surface area (Å²) in [4.78, 5) is 25.3. The van der Waals surface area contributed by atoms with Gasteiger partial charge in [-0.15, -0.1) is 11.3 Å². The normalized spacial score (nSPS) is 19.2. The van der Waals surface area contributed by atoms with Crippen molar-refractivity contribution in [2.75, 3.05) is 13.1 Å². The molecule has 0 saturated carbocycles. The Hall–Kier alpha value is -2.45. The Bertz CT molecular complexity index is 1300. The molecule has 5 rings (SSSR count). The van der Waals surface area contributed by atoms with E-state index >= 15 is 0 Å². The van der Waals surface area contributed by atoms with Gasteiger partial charge in [0.05, 0.1) is 10.7 Å². The molecule has 1 amide bonds. The molecule has 9 heteroatoms. The Morgan fingerprint density at radius 1 is 1.17 bits per heavy atom. The van der Waals surface area contributed by atoms with Crippen LogP contribution in [0.25, 0.3) is 0 Å². The summed E-state index contributed by atoms with van der Waals surface area (Å²) in [5.74, 6) is 0.0334. The molecule has 6 nitrogen and oxygen atoms in total. The van der Waals surface area contributed by atoms with E-state index in [1.54, 1.807) is 34.4 Å². The maximum absolute atomic E-state index is 13.0. The first kappa shape index (κ1) is 25.2. The van der Waals surface area contributed by atoms with Crippen molar-refractivity contribution in [3.05, 3.63) is 84.8 Å². The lowest BCUT2D eigenvalue weighted by Gasteiger charge is -2.32. The number of aryl methyl sites for hydroxylation is 2. The van der Waals surface area contributed by atoms with Crippen molar-refractivity contribution < 1.29 is 14.7 Å². The number of oxime groups is 1. The molecule has 0 spiro atoms. The van der Waals surface area contributed by atoms with Crippen LogP contribution in [0, 0.1) is 13.8 Å². The zero-order valence-corrected chi connectivity index (χ0v) is 22.4. The van der Waals surface area contributed by atoms with Gasteiger partial charge in [0.1, 0.15) is 5.71 Å². The molecule has 2 atom stereocenters. The molecule has 0 bridgehead atoms. The molecule has 2 unspecified atom stereocenters. The number of carbonyl (C=O) groups is 1. The van der Waals surface area contributed by atoms with Crippen molar-refractivity contribution >= 4 is 46.2 Å². The van der Waals surface area contributed by atoms with E-state index in [1.165, 1.54) is 0 Å². The number of halogens is 2. The molecule has 3 heterocycles. The molecule has 2 aliphatic rings. The van der Waals surface area contributed by atoms with Crippen molar-refractivity contribution in [2.24, 2.45) is 5.16 Å². The van der Waals surface area contributed by atoms with Gasteiger partial charge in [-0.2, -0.15) is 0 Å². The predicted octanol–water partition coefficient (Wildman–Crippen LogP) is 6.37. The summed E-state index contributed by atoms with van der Waals surface area (Å²) in [6, 6.07) is 11.2. The number of amides is 1. The average Bonchev–Trinajstić information content (AvgIpc) is 3.55. The maximum Gasteiger partial charge on any atom is 0.256 e. The van der Waals surface area contributed by atoms with Crippen molar-refractivity contribution in [3.8, 4) is 0 Å². The number of thiazole rings is 1. The molecule has 1 fully saturated rings. The van der Waals surface area contributed by atoms with Crippen molar-refractivity contribution in [2.45, 2.75) is 51.2 Å². The van der Waals surface area contributed by atoms with Gasteiger partial charge in [0.25, 0.3) is 5.91 Å². The standard InChI is InChI=1S/C27H27Cl2N3O3S/c1-15-6-7-16(2)18(12-15)25(33)27(34)32-10-8-17(9-11-32)26-30-22(14-36-26)21-13-23(35-31-21)24-19(28)4-3-5-20(24)29/h3-7,12,14,17,23,25,33H,8-11,13H2,1-2H3. The average molecular weight is 545 g/mol. The lowest BCUT2D eigenvalue weighted by molar-refractivity contribution is -0.141. The SMILES string of the molecule is Cc1ccc(C)c(C(O)C(=O)N2CCC(c3nc(C4=NOC(c5c(Cl)cccc5Cl)C4)cs3)CC2)c1. The fourth-order valence-corrected chi connectivity index (χ4v) is 6.46. The van der Waals surface area contributed by atoms with E-state index in [-0.39, 0.29) is 17.9 Å². The van der Waals surface area contributed by atoms with E-state index in [2.05, 4.69) is 5.16 Å². The first-order chi connectivity index (χ1) is 17.3. The summed E-state index contributed by atoms with van der Waals surface area (Å²) >= 11 is 14.3. The Kier molecular flexibility index (Phi) is 7.35. The fourth-order valence-electron chi connectivity index (χ4n) is 4.82. The third-order valence-electron chi connectivity index (χ3n) is 6.93. The number of rotatable bonds is 5. The minimum Gasteiger partial charge on any atom is -0.387 e. The molecule has 3 aromatic rings. The van der Waals surface area contributed by atoms with Crippen LogP contribution >= 0.6 is 34.5 Å². The van der Waals surface area contributed by atoms with Crippen LogP contribution in [0.3, 0.4) is 0 Å². The highest BCUT2D eigenvalue weighted by atomic mass is 35.5. The van der Waals surface area contributed by atoms with Crippen LogP contribution < -0.4 is 0 Å². The Balaban J connectivity index is 1.20. The van der Waals surface area contributed by atoms with Crippen LogP contribution in [0.5, 0.6) is 0 Å². The van der Waals surface area contributed by atoms with Crippen LogP contribution in [-0.4, -0.2) is 39.7 Å². The minimum atomic E-state index is -1.13. The molecule has 2 aromatic carbocycles.